The van der Waals surface area contributed by atoms with Crippen molar-refractivity contribution in [3.63, 3.8) is 0 Å². The molecule has 0 heterocycles. The lowest BCUT2D eigenvalue weighted by molar-refractivity contribution is 0.402. The molecule has 0 saturated carbocycles. The quantitative estimate of drug-likeness (QED) is 0.576. The van der Waals surface area contributed by atoms with E-state index in [2.05, 4.69) is 0 Å². The summed E-state index contributed by atoms with van der Waals surface area (Å²) < 4.78 is 22.1. The van der Waals surface area contributed by atoms with Crippen LogP contribution in [0.3, 0.4) is 0 Å². The largest absolute Gasteiger partial charge is 0.597 e. The second-order valence-electron chi connectivity index (χ2n) is 1.45. The maximum atomic E-state index is 12.1. The second kappa shape index (κ2) is 4.41. The van der Waals surface area contributed by atoms with Crippen molar-refractivity contribution in [1.29, 1.82) is 0 Å². The van der Waals surface area contributed by atoms with Gasteiger partial charge in [0.05, 0.1) is 0 Å². The fraction of sp³-hybridized carbons (Fsp3) is 1.00. The van der Waals surface area contributed by atoms with Gasteiger partial charge in [0, 0.05) is 6.42 Å². The third kappa shape index (κ3) is 3.52. The molecule has 0 amide bonds. The molecule has 2 unspecified atom stereocenters. The molecule has 0 N–H and O–H groups in total. The molecule has 0 saturated heterocycles. The van der Waals surface area contributed by atoms with Crippen LogP contribution >= 0.6 is 10.7 Å². The molecule has 0 aromatic carbocycles. The average Bonchev–Trinajstić information content (AvgIpc) is 1.67. The highest BCUT2D eigenvalue weighted by molar-refractivity contribution is 8.14. The summed E-state index contributed by atoms with van der Waals surface area (Å²) >= 11 is 0. The molecule has 0 aliphatic rings. The van der Waals surface area contributed by atoms with E-state index in [9.17, 15) is 8.94 Å². The van der Waals surface area contributed by atoms with Crippen molar-refractivity contribution in [2.75, 3.05) is 0 Å². The van der Waals surface area contributed by atoms with Crippen LogP contribution in [0.1, 0.15) is 19.8 Å². The molecule has 0 aliphatic heterocycles. The van der Waals surface area contributed by atoms with Gasteiger partial charge in [-0.3, -0.25) is 0 Å². The molecule has 4 heteroatoms. The molecule has 0 bridgehead atoms. The lowest BCUT2D eigenvalue weighted by Crippen LogP contribution is -2.08. The Bertz CT molecular complexity index is 62.0. The van der Waals surface area contributed by atoms with E-state index in [1.165, 1.54) is 0 Å². The van der Waals surface area contributed by atoms with Crippen LogP contribution in [0.25, 0.3) is 0 Å². The van der Waals surface area contributed by atoms with Gasteiger partial charge in [0.1, 0.15) is 10.4 Å². The van der Waals surface area contributed by atoms with Gasteiger partial charge in [0.2, 0.25) is 0 Å². The van der Waals surface area contributed by atoms with Crippen LogP contribution in [0.2, 0.25) is 0 Å². The van der Waals surface area contributed by atoms with Crippen molar-refractivity contribution in [1.82, 2.24) is 0 Å². The van der Waals surface area contributed by atoms with Crippen LogP contribution in [-0.4, -0.2) is 10.1 Å². The molecule has 8 heavy (non-hydrogen) atoms. The zero-order valence-corrected chi connectivity index (χ0v) is 6.14. The number of hydrogen-bond donors (Lipinski definition) is 0. The van der Waals surface area contributed by atoms with Crippen molar-refractivity contribution < 1.29 is 8.94 Å². The highest BCUT2D eigenvalue weighted by atomic mass is 35.7. The number of halogens is 2. The van der Waals surface area contributed by atoms with Gasteiger partial charge in [-0.05, 0) is 6.42 Å². The minimum absolute atomic E-state index is 0.288. The molecule has 0 aliphatic carbocycles. The summed E-state index contributed by atoms with van der Waals surface area (Å²) in [6.45, 7) is 1.82. The Kier molecular flexibility index (Phi) is 4.71. The maximum absolute atomic E-state index is 12.1. The van der Waals surface area contributed by atoms with E-state index in [-0.39, 0.29) is 6.42 Å². The number of rotatable bonds is 3. The molecular formula is C4H8ClFOS. The summed E-state index contributed by atoms with van der Waals surface area (Å²) in [5, 5.41) is 0. The summed E-state index contributed by atoms with van der Waals surface area (Å²) in [6, 6.07) is 0. The Balaban J connectivity index is 3.17. The van der Waals surface area contributed by atoms with Gasteiger partial charge < -0.3 is 4.55 Å². The van der Waals surface area contributed by atoms with Gasteiger partial charge in [-0.1, -0.05) is 6.92 Å². The van der Waals surface area contributed by atoms with Gasteiger partial charge in [0.25, 0.3) is 5.50 Å². The van der Waals surface area contributed by atoms with E-state index in [1.54, 1.807) is 0 Å². The lowest BCUT2D eigenvalue weighted by Gasteiger charge is -2.03. The first-order valence-corrected chi connectivity index (χ1v) is 4.43. The Morgan fingerprint density at radius 3 is 2.50 bits per heavy atom. The van der Waals surface area contributed by atoms with Crippen LogP contribution in [0, 0.1) is 0 Å². The topological polar surface area (TPSA) is 23.1 Å². The van der Waals surface area contributed by atoms with Crippen LogP contribution in [0.4, 0.5) is 4.39 Å². The summed E-state index contributed by atoms with van der Waals surface area (Å²) in [5.74, 6) is 0. The van der Waals surface area contributed by atoms with E-state index >= 15 is 0 Å². The SMILES string of the molecule is CCCC(F)[S+]([O-])Cl. The zero-order chi connectivity index (χ0) is 6.57. The fourth-order valence-electron chi connectivity index (χ4n) is 0.320. The number of hydrogen-bond acceptors (Lipinski definition) is 1. The molecule has 2 atom stereocenters. The molecule has 1 nitrogen and oxygen atoms in total. The molecule has 50 valence electrons. The van der Waals surface area contributed by atoms with Crippen molar-refractivity contribution in [2.45, 2.75) is 25.3 Å². The maximum Gasteiger partial charge on any atom is 0.271 e. The van der Waals surface area contributed by atoms with E-state index < -0.39 is 15.9 Å². The molecule has 0 rings (SSSR count). The molecule has 0 fully saturated rings. The van der Waals surface area contributed by atoms with Crippen LogP contribution in [-0.2, 0) is 10.4 Å². The fourth-order valence-corrected chi connectivity index (χ4v) is 1.01. The molecule has 0 aromatic heterocycles. The van der Waals surface area contributed by atoms with Gasteiger partial charge in [-0.15, -0.1) is 0 Å². The predicted octanol–water partition coefficient (Wildman–Crippen LogP) is 1.98. The van der Waals surface area contributed by atoms with Crippen LogP contribution in [0.15, 0.2) is 0 Å². The first-order chi connectivity index (χ1) is 3.68. The zero-order valence-electron chi connectivity index (χ0n) is 4.56. The van der Waals surface area contributed by atoms with Gasteiger partial charge >= 0.3 is 0 Å². The summed E-state index contributed by atoms with van der Waals surface area (Å²) in [4.78, 5) is 0. The summed E-state index contributed by atoms with van der Waals surface area (Å²) in [7, 11) is 3.10. The minimum atomic E-state index is -1.80. The average molecular weight is 159 g/mol. The van der Waals surface area contributed by atoms with E-state index in [0.717, 1.165) is 0 Å². The van der Waals surface area contributed by atoms with Crippen LogP contribution in [0.5, 0.6) is 0 Å². The molecule has 0 aromatic rings. The first kappa shape index (κ1) is 8.53. The van der Waals surface area contributed by atoms with E-state index in [1.807, 2.05) is 6.92 Å². The highest BCUT2D eigenvalue weighted by Crippen LogP contribution is 2.13. The minimum Gasteiger partial charge on any atom is -0.597 e. The predicted molar refractivity (Wildman–Crippen MR) is 33.8 cm³/mol. The second-order valence-corrected chi connectivity index (χ2v) is 3.37. The Labute approximate surface area is 55.9 Å². The standard InChI is InChI=1S/C4H8ClFOS/c1-2-3-4(6)8(5)7/h4H,2-3H2,1H3. The molecular weight excluding hydrogens is 151 g/mol. The molecule has 0 spiro atoms. The highest BCUT2D eigenvalue weighted by Gasteiger charge is 2.17. The summed E-state index contributed by atoms with van der Waals surface area (Å²) in [5.41, 5.74) is -1.35. The van der Waals surface area contributed by atoms with Crippen molar-refractivity contribution in [3.8, 4) is 0 Å². The van der Waals surface area contributed by atoms with Gasteiger partial charge in [0.15, 0.2) is 10.7 Å². The molecule has 0 radical (unpaired) electrons. The monoisotopic (exact) mass is 158 g/mol. The Hall–Kier alpha value is 0.530. The smallest absolute Gasteiger partial charge is 0.271 e. The van der Waals surface area contributed by atoms with Crippen molar-refractivity contribution >= 4 is 21.1 Å². The third-order valence-corrected chi connectivity index (χ3v) is 1.93. The van der Waals surface area contributed by atoms with E-state index in [4.69, 9.17) is 10.7 Å². The summed E-state index contributed by atoms with van der Waals surface area (Å²) in [6.07, 6.45) is 0.968. The Morgan fingerprint density at radius 2 is 2.38 bits per heavy atom. The lowest BCUT2D eigenvalue weighted by atomic mass is 10.4. The Morgan fingerprint density at radius 1 is 1.88 bits per heavy atom. The van der Waals surface area contributed by atoms with Crippen molar-refractivity contribution in [3.05, 3.63) is 0 Å². The van der Waals surface area contributed by atoms with Gasteiger partial charge in [-0.2, -0.15) is 4.39 Å². The first-order valence-electron chi connectivity index (χ1n) is 2.39. The van der Waals surface area contributed by atoms with Gasteiger partial charge in [-0.25, -0.2) is 0 Å². The van der Waals surface area contributed by atoms with Crippen molar-refractivity contribution in [2.24, 2.45) is 0 Å². The number of alkyl halides is 1. The van der Waals surface area contributed by atoms with Crippen LogP contribution < -0.4 is 0 Å². The normalized spacial score (nSPS) is 18.0. The van der Waals surface area contributed by atoms with E-state index in [0.29, 0.717) is 6.42 Å². The third-order valence-electron chi connectivity index (χ3n) is 0.717.